The van der Waals surface area contributed by atoms with Crippen molar-refractivity contribution in [3.8, 4) is 0 Å². The maximum atomic E-state index is 13.2. The van der Waals surface area contributed by atoms with Crippen molar-refractivity contribution >= 4 is 10.9 Å². The molecule has 0 radical (unpaired) electrons. The summed E-state index contributed by atoms with van der Waals surface area (Å²) in [5, 5.41) is 0.973. The zero-order valence-corrected chi connectivity index (χ0v) is 10.5. The molecule has 18 heavy (non-hydrogen) atoms. The van der Waals surface area contributed by atoms with E-state index >= 15 is 0 Å². The van der Waals surface area contributed by atoms with Gasteiger partial charge >= 0.3 is 0 Å². The van der Waals surface area contributed by atoms with E-state index in [4.69, 9.17) is 4.74 Å². The van der Waals surface area contributed by atoms with Crippen LogP contribution in [-0.2, 0) is 18.3 Å². The summed E-state index contributed by atoms with van der Waals surface area (Å²) in [6, 6.07) is 7.03. The molecule has 3 rings (SSSR count). The lowest BCUT2D eigenvalue weighted by Gasteiger charge is -2.26. The number of morpholine rings is 1. The molecule has 4 heteroatoms. The van der Waals surface area contributed by atoms with E-state index in [1.54, 1.807) is 6.07 Å². The third-order valence-electron chi connectivity index (χ3n) is 3.59. The summed E-state index contributed by atoms with van der Waals surface area (Å²) < 4.78 is 20.7. The Bertz CT molecular complexity index is 558. The average Bonchev–Trinajstić information content (AvgIpc) is 2.67. The van der Waals surface area contributed by atoms with Crippen molar-refractivity contribution in [3.63, 3.8) is 0 Å². The fourth-order valence-corrected chi connectivity index (χ4v) is 2.52. The molecule has 0 amide bonds. The Morgan fingerprint density at radius 2 is 2.00 bits per heavy atom. The smallest absolute Gasteiger partial charge is 0.123 e. The van der Waals surface area contributed by atoms with Gasteiger partial charge in [0.1, 0.15) is 5.82 Å². The Labute approximate surface area is 106 Å². The fourth-order valence-electron chi connectivity index (χ4n) is 2.52. The topological polar surface area (TPSA) is 17.4 Å². The van der Waals surface area contributed by atoms with Gasteiger partial charge in [-0.05, 0) is 24.3 Å². The molecule has 1 aliphatic heterocycles. The van der Waals surface area contributed by atoms with Crippen molar-refractivity contribution < 1.29 is 9.13 Å². The molecule has 2 heterocycles. The summed E-state index contributed by atoms with van der Waals surface area (Å²) in [6.07, 6.45) is 0. The second kappa shape index (κ2) is 4.71. The van der Waals surface area contributed by atoms with Crippen LogP contribution in [0.25, 0.3) is 10.9 Å². The van der Waals surface area contributed by atoms with Crippen LogP contribution in [0.2, 0.25) is 0 Å². The molecular formula is C14H17FN2O. The summed E-state index contributed by atoms with van der Waals surface area (Å²) in [6.45, 7) is 4.44. The van der Waals surface area contributed by atoms with Gasteiger partial charge in [-0.3, -0.25) is 4.90 Å². The Balaban J connectivity index is 1.89. The van der Waals surface area contributed by atoms with E-state index in [0.29, 0.717) is 0 Å². The Morgan fingerprint density at radius 3 is 2.78 bits per heavy atom. The highest BCUT2D eigenvalue weighted by atomic mass is 19.1. The first-order valence-corrected chi connectivity index (χ1v) is 6.28. The zero-order chi connectivity index (χ0) is 12.5. The molecule has 1 fully saturated rings. The minimum Gasteiger partial charge on any atom is -0.379 e. The minimum absolute atomic E-state index is 0.175. The molecule has 0 saturated carbocycles. The van der Waals surface area contributed by atoms with E-state index < -0.39 is 0 Å². The van der Waals surface area contributed by atoms with Crippen LogP contribution < -0.4 is 0 Å². The number of halogens is 1. The van der Waals surface area contributed by atoms with Gasteiger partial charge in [0.15, 0.2) is 0 Å². The number of fused-ring (bicyclic) bond motifs is 1. The number of nitrogens with zero attached hydrogens (tertiary/aromatic N) is 2. The first kappa shape index (κ1) is 11.7. The van der Waals surface area contributed by atoms with Crippen molar-refractivity contribution in [2.45, 2.75) is 6.54 Å². The van der Waals surface area contributed by atoms with E-state index in [9.17, 15) is 4.39 Å². The van der Waals surface area contributed by atoms with Crippen LogP contribution in [0, 0.1) is 5.82 Å². The van der Waals surface area contributed by atoms with Gasteiger partial charge < -0.3 is 9.30 Å². The third kappa shape index (κ3) is 2.13. The van der Waals surface area contributed by atoms with Gasteiger partial charge in [-0.15, -0.1) is 0 Å². The number of benzene rings is 1. The van der Waals surface area contributed by atoms with Crippen LogP contribution in [0.3, 0.4) is 0 Å². The van der Waals surface area contributed by atoms with Crippen LogP contribution >= 0.6 is 0 Å². The number of rotatable bonds is 2. The molecular weight excluding hydrogens is 231 g/mol. The van der Waals surface area contributed by atoms with Gasteiger partial charge in [0.25, 0.3) is 0 Å². The molecule has 0 bridgehead atoms. The summed E-state index contributed by atoms with van der Waals surface area (Å²) in [5.41, 5.74) is 2.30. The highest BCUT2D eigenvalue weighted by molar-refractivity contribution is 5.81. The molecule has 2 aromatic rings. The van der Waals surface area contributed by atoms with Crippen molar-refractivity contribution in [2.24, 2.45) is 7.05 Å². The standard InChI is InChI=1S/C14H17FN2O/c1-16-13(10-17-4-6-18-7-5-17)9-11-8-12(15)2-3-14(11)16/h2-3,8-9H,4-7,10H2,1H3. The van der Waals surface area contributed by atoms with Crippen molar-refractivity contribution in [1.29, 1.82) is 0 Å². The van der Waals surface area contributed by atoms with E-state index in [0.717, 1.165) is 43.8 Å². The minimum atomic E-state index is -0.175. The molecule has 1 aliphatic rings. The van der Waals surface area contributed by atoms with Gasteiger partial charge in [0, 0.05) is 43.3 Å². The number of ether oxygens (including phenoxy) is 1. The average molecular weight is 248 g/mol. The predicted molar refractivity (Wildman–Crippen MR) is 69.0 cm³/mol. The second-order valence-corrected chi connectivity index (χ2v) is 4.79. The maximum Gasteiger partial charge on any atom is 0.123 e. The van der Waals surface area contributed by atoms with E-state index in [-0.39, 0.29) is 5.82 Å². The largest absolute Gasteiger partial charge is 0.379 e. The highest BCUT2D eigenvalue weighted by Crippen LogP contribution is 2.21. The van der Waals surface area contributed by atoms with Crippen LogP contribution in [0.5, 0.6) is 0 Å². The fraction of sp³-hybridized carbons (Fsp3) is 0.429. The molecule has 3 nitrogen and oxygen atoms in total. The SMILES string of the molecule is Cn1c(CN2CCOCC2)cc2cc(F)ccc21. The molecule has 0 aliphatic carbocycles. The maximum absolute atomic E-state index is 13.2. The first-order chi connectivity index (χ1) is 8.74. The lowest BCUT2D eigenvalue weighted by molar-refractivity contribution is 0.0333. The summed E-state index contributed by atoms with van der Waals surface area (Å²) >= 11 is 0. The molecule has 0 N–H and O–H groups in total. The van der Waals surface area contributed by atoms with Crippen LogP contribution in [-0.4, -0.2) is 35.8 Å². The molecule has 1 saturated heterocycles. The molecule has 0 unspecified atom stereocenters. The second-order valence-electron chi connectivity index (χ2n) is 4.79. The molecule has 0 atom stereocenters. The van der Waals surface area contributed by atoms with Gasteiger partial charge in [-0.2, -0.15) is 0 Å². The van der Waals surface area contributed by atoms with Crippen LogP contribution in [0.4, 0.5) is 4.39 Å². The normalized spacial score (nSPS) is 17.4. The summed E-state index contributed by atoms with van der Waals surface area (Å²) in [4.78, 5) is 2.37. The van der Waals surface area contributed by atoms with E-state index in [2.05, 4.69) is 15.5 Å². The zero-order valence-electron chi connectivity index (χ0n) is 10.5. The van der Waals surface area contributed by atoms with Crippen molar-refractivity contribution in [3.05, 3.63) is 35.8 Å². The predicted octanol–water partition coefficient (Wildman–Crippen LogP) is 2.15. The molecule has 1 aromatic heterocycles. The number of aromatic nitrogens is 1. The summed E-state index contributed by atoms with van der Waals surface area (Å²) in [7, 11) is 2.04. The molecule has 1 aromatic carbocycles. The number of aryl methyl sites for hydroxylation is 1. The van der Waals surface area contributed by atoms with Crippen LogP contribution in [0.1, 0.15) is 5.69 Å². The van der Waals surface area contributed by atoms with Crippen LogP contribution in [0.15, 0.2) is 24.3 Å². The number of hydrogen-bond donors (Lipinski definition) is 0. The first-order valence-electron chi connectivity index (χ1n) is 6.28. The number of hydrogen-bond acceptors (Lipinski definition) is 2. The lowest BCUT2D eigenvalue weighted by atomic mass is 10.2. The van der Waals surface area contributed by atoms with Gasteiger partial charge in [0.05, 0.1) is 13.2 Å². The van der Waals surface area contributed by atoms with Gasteiger partial charge in [0.2, 0.25) is 0 Å². The van der Waals surface area contributed by atoms with Crippen molar-refractivity contribution in [1.82, 2.24) is 9.47 Å². The quantitative estimate of drug-likeness (QED) is 0.810. The lowest BCUT2D eigenvalue weighted by Crippen LogP contribution is -2.36. The van der Waals surface area contributed by atoms with Gasteiger partial charge in [-0.25, -0.2) is 4.39 Å². The Kier molecular flexibility index (Phi) is 3.06. The van der Waals surface area contributed by atoms with E-state index in [1.807, 2.05) is 13.1 Å². The monoisotopic (exact) mass is 248 g/mol. The highest BCUT2D eigenvalue weighted by Gasteiger charge is 2.13. The molecule has 96 valence electrons. The van der Waals surface area contributed by atoms with Crippen molar-refractivity contribution in [2.75, 3.05) is 26.3 Å². The van der Waals surface area contributed by atoms with E-state index in [1.165, 1.54) is 11.8 Å². The Morgan fingerprint density at radius 1 is 1.22 bits per heavy atom. The van der Waals surface area contributed by atoms with Gasteiger partial charge in [-0.1, -0.05) is 0 Å². The third-order valence-corrected chi connectivity index (χ3v) is 3.59. The Hall–Kier alpha value is -1.39. The summed E-state index contributed by atoms with van der Waals surface area (Å²) in [5.74, 6) is -0.175. The molecule has 0 spiro atoms.